The Morgan fingerprint density at radius 3 is 2.70 bits per heavy atom. The minimum Gasteiger partial charge on any atom is -0.336 e. The second-order valence-electron chi connectivity index (χ2n) is 5.72. The van der Waals surface area contributed by atoms with Crippen molar-refractivity contribution in [2.45, 2.75) is 46.1 Å². The standard InChI is InChI=1S/C15H24N4O/c1-4-13-7-12(8-14(17-13)18-16)15(20)19(10(2)3)9-11-5-6-11/h7-8,10-11H,4-6,9,16H2,1-3H3,(H,17,18). The normalized spacial score (nSPS) is 14.4. The number of hydrogen-bond donors (Lipinski definition) is 2. The Labute approximate surface area is 120 Å². The van der Waals surface area contributed by atoms with E-state index in [4.69, 9.17) is 5.84 Å². The zero-order chi connectivity index (χ0) is 14.7. The minimum atomic E-state index is 0.0699. The van der Waals surface area contributed by atoms with E-state index in [0.29, 0.717) is 17.3 Å². The highest BCUT2D eigenvalue weighted by Crippen LogP contribution is 2.31. The molecule has 1 aliphatic carbocycles. The molecule has 1 aromatic heterocycles. The van der Waals surface area contributed by atoms with Gasteiger partial charge in [0.1, 0.15) is 5.82 Å². The number of nitrogens with one attached hydrogen (secondary N) is 1. The van der Waals surface area contributed by atoms with Crippen LogP contribution in [0.15, 0.2) is 12.1 Å². The van der Waals surface area contributed by atoms with Crippen LogP contribution in [0.5, 0.6) is 0 Å². The Balaban J connectivity index is 2.24. The Kier molecular flexibility index (Phi) is 4.60. The number of hydrogen-bond acceptors (Lipinski definition) is 4. The van der Waals surface area contributed by atoms with Crippen LogP contribution in [-0.4, -0.2) is 28.4 Å². The molecule has 3 N–H and O–H groups in total. The molecule has 1 aliphatic rings. The fourth-order valence-corrected chi connectivity index (χ4v) is 2.24. The molecule has 0 aromatic carbocycles. The van der Waals surface area contributed by atoms with Crippen LogP contribution < -0.4 is 11.3 Å². The maximum Gasteiger partial charge on any atom is 0.254 e. The number of carbonyl (C=O) groups excluding carboxylic acids is 1. The van der Waals surface area contributed by atoms with Gasteiger partial charge < -0.3 is 10.3 Å². The molecule has 5 nitrogen and oxygen atoms in total. The number of pyridine rings is 1. The summed E-state index contributed by atoms with van der Waals surface area (Å²) in [7, 11) is 0. The number of amides is 1. The van der Waals surface area contributed by atoms with Gasteiger partial charge in [-0.2, -0.15) is 0 Å². The third-order valence-electron chi connectivity index (χ3n) is 3.67. The zero-order valence-electron chi connectivity index (χ0n) is 12.5. The summed E-state index contributed by atoms with van der Waals surface area (Å²) in [4.78, 5) is 19.0. The summed E-state index contributed by atoms with van der Waals surface area (Å²) in [6.07, 6.45) is 3.26. The third kappa shape index (κ3) is 3.48. The highest BCUT2D eigenvalue weighted by atomic mass is 16.2. The molecule has 1 aromatic rings. The van der Waals surface area contributed by atoms with E-state index >= 15 is 0 Å². The lowest BCUT2D eigenvalue weighted by Gasteiger charge is -2.27. The molecule has 0 aliphatic heterocycles. The van der Waals surface area contributed by atoms with Gasteiger partial charge >= 0.3 is 0 Å². The van der Waals surface area contributed by atoms with Crippen molar-refractivity contribution in [1.82, 2.24) is 9.88 Å². The lowest BCUT2D eigenvalue weighted by atomic mass is 10.1. The van der Waals surface area contributed by atoms with Gasteiger partial charge in [-0.15, -0.1) is 0 Å². The van der Waals surface area contributed by atoms with Crippen molar-refractivity contribution in [1.29, 1.82) is 0 Å². The van der Waals surface area contributed by atoms with E-state index in [1.807, 2.05) is 17.9 Å². The molecule has 1 fully saturated rings. The summed E-state index contributed by atoms with van der Waals surface area (Å²) >= 11 is 0. The molecule has 1 saturated carbocycles. The number of rotatable bonds is 6. The SMILES string of the molecule is CCc1cc(C(=O)N(CC2CC2)C(C)C)cc(NN)n1. The maximum absolute atomic E-state index is 12.7. The van der Waals surface area contributed by atoms with Crippen molar-refractivity contribution in [3.05, 3.63) is 23.4 Å². The molecule has 110 valence electrons. The highest BCUT2D eigenvalue weighted by molar-refractivity contribution is 5.95. The van der Waals surface area contributed by atoms with E-state index in [-0.39, 0.29) is 11.9 Å². The molecule has 0 saturated heterocycles. The molecule has 0 radical (unpaired) electrons. The van der Waals surface area contributed by atoms with Gasteiger partial charge in [0.05, 0.1) is 0 Å². The average Bonchev–Trinajstić information content (AvgIpc) is 3.27. The van der Waals surface area contributed by atoms with Crippen molar-refractivity contribution in [3.8, 4) is 0 Å². The van der Waals surface area contributed by atoms with Gasteiger partial charge in [0.25, 0.3) is 5.91 Å². The first-order valence-corrected chi connectivity index (χ1v) is 7.33. The van der Waals surface area contributed by atoms with Crippen LogP contribution >= 0.6 is 0 Å². The quantitative estimate of drug-likeness (QED) is 0.617. The summed E-state index contributed by atoms with van der Waals surface area (Å²) in [6.45, 7) is 6.99. The number of anilines is 1. The van der Waals surface area contributed by atoms with E-state index in [1.54, 1.807) is 6.07 Å². The Morgan fingerprint density at radius 1 is 1.50 bits per heavy atom. The summed E-state index contributed by atoms with van der Waals surface area (Å²) in [5, 5.41) is 0. The van der Waals surface area contributed by atoms with Crippen LogP contribution in [0, 0.1) is 5.92 Å². The van der Waals surface area contributed by atoms with E-state index in [9.17, 15) is 4.79 Å². The topological polar surface area (TPSA) is 71.2 Å². The monoisotopic (exact) mass is 276 g/mol. The smallest absolute Gasteiger partial charge is 0.254 e. The van der Waals surface area contributed by atoms with Crippen LogP contribution in [-0.2, 0) is 6.42 Å². The summed E-state index contributed by atoms with van der Waals surface area (Å²) in [5.41, 5.74) is 4.08. The fourth-order valence-electron chi connectivity index (χ4n) is 2.24. The molecule has 2 rings (SSSR count). The second kappa shape index (κ2) is 6.22. The van der Waals surface area contributed by atoms with Gasteiger partial charge in [-0.1, -0.05) is 6.92 Å². The molecule has 0 atom stereocenters. The third-order valence-corrected chi connectivity index (χ3v) is 3.67. The maximum atomic E-state index is 12.7. The lowest BCUT2D eigenvalue weighted by Crippen LogP contribution is -2.38. The Morgan fingerprint density at radius 2 is 2.20 bits per heavy atom. The summed E-state index contributed by atoms with van der Waals surface area (Å²) < 4.78 is 0. The molecular formula is C15H24N4O. The molecule has 1 heterocycles. The predicted molar refractivity (Wildman–Crippen MR) is 80.3 cm³/mol. The molecule has 0 spiro atoms. The van der Waals surface area contributed by atoms with Gasteiger partial charge in [-0.05, 0) is 51.2 Å². The Hall–Kier alpha value is -1.62. The number of nitrogen functional groups attached to an aromatic ring is 1. The van der Waals surface area contributed by atoms with Crippen LogP contribution in [0.1, 0.15) is 49.7 Å². The van der Waals surface area contributed by atoms with Crippen LogP contribution in [0.2, 0.25) is 0 Å². The highest BCUT2D eigenvalue weighted by Gasteiger charge is 2.29. The Bertz CT molecular complexity index is 461. The van der Waals surface area contributed by atoms with Crippen molar-refractivity contribution < 1.29 is 4.79 Å². The number of hydrazine groups is 1. The average molecular weight is 276 g/mol. The van der Waals surface area contributed by atoms with E-state index < -0.39 is 0 Å². The number of aryl methyl sites for hydroxylation is 1. The molecular weight excluding hydrogens is 252 g/mol. The van der Waals surface area contributed by atoms with E-state index in [0.717, 1.165) is 18.7 Å². The molecule has 0 bridgehead atoms. The van der Waals surface area contributed by atoms with Gasteiger partial charge in [0, 0.05) is 23.8 Å². The van der Waals surface area contributed by atoms with Gasteiger partial charge in [-0.3, -0.25) is 4.79 Å². The van der Waals surface area contributed by atoms with E-state index in [2.05, 4.69) is 24.3 Å². The van der Waals surface area contributed by atoms with Crippen LogP contribution in [0.3, 0.4) is 0 Å². The van der Waals surface area contributed by atoms with Crippen molar-refractivity contribution >= 4 is 11.7 Å². The first-order valence-electron chi connectivity index (χ1n) is 7.33. The van der Waals surface area contributed by atoms with Gasteiger partial charge in [0.2, 0.25) is 0 Å². The summed E-state index contributed by atoms with van der Waals surface area (Å²) in [5.74, 6) is 6.73. The predicted octanol–water partition coefficient (Wildman–Crippen LogP) is 2.19. The van der Waals surface area contributed by atoms with Crippen molar-refractivity contribution in [3.63, 3.8) is 0 Å². The molecule has 20 heavy (non-hydrogen) atoms. The lowest BCUT2D eigenvalue weighted by molar-refractivity contribution is 0.0696. The fraction of sp³-hybridized carbons (Fsp3) is 0.600. The molecule has 0 unspecified atom stereocenters. The van der Waals surface area contributed by atoms with E-state index in [1.165, 1.54) is 12.8 Å². The van der Waals surface area contributed by atoms with Crippen molar-refractivity contribution in [2.24, 2.45) is 11.8 Å². The van der Waals surface area contributed by atoms with Gasteiger partial charge in [-0.25, -0.2) is 10.8 Å². The largest absolute Gasteiger partial charge is 0.336 e. The van der Waals surface area contributed by atoms with Crippen molar-refractivity contribution in [2.75, 3.05) is 12.0 Å². The van der Waals surface area contributed by atoms with Gasteiger partial charge in [0.15, 0.2) is 0 Å². The number of aromatic nitrogens is 1. The second-order valence-corrected chi connectivity index (χ2v) is 5.72. The number of nitrogens with zero attached hydrogens (tertiary/aromatic N) is 2. The van der Waals surface area contributed by atoms with Crippen LogP contribution in [0.4, 0.5) is 5.82 Å². The minimum absolute atomic E-state index is 0.0699. The van der Waals surface area contributed by atoms with Crippen LogP contribution in [0.25, 0.3) is 0 Å². The molecule has 1 amide bonds. The number of carbonyl (C=O) groups is 1. The number of nitrogens with two attached hydrogens (primary N) is 1. The first kappa shape index (κ1) is 14.8. The molecule has 5 heteroatoms. The summed E-state index contributed by atoms with van der Waals surface area (Å²) in [6, 6.07) is 3.80. The zero-order valence-corrected chi connectivity index (χ0v) is 12.5. The first-order chi connectivity index (χ1) is 9.55.